The second-order valence-electron chi connectivity index (χ2n) is 3.76. The summed E-state index contributed by atoms with van der Waals surface area (Å²) in [6.07, 6.45) is 1.55. The molecule has 2 atom stereocenters. The van der Waals surface area contributed by atoms with Crippen molar-refractivity contribution in [1.82, 2.24) is 4.90 Å². The number of carboxylic acid groups (broad SMARTS) is 1. The number of rotatable bonds is 3. The summed E-state index contributed by atoms with van der Waals surface area (Å²) in [5, 5.41) is 8.84. The summed E-state index contributed by atoms with van der Waals surface area (Å²) in [6.45, 7) is 2.28. The lowest BCUT2D eigenvalue weighted by molar-refractivity contribution is -0.148. The molecule has 1 fully saturated rings. The second kappa shape index (κ2) is 4.41. The number of hydrogen-bond donors (Lipinski definition) is 2. The van der Waals surface area contributed by atoms with Gasteiger partial charge in [-0.3, -0.25) is 4.79 Å². The van der Waals surface area contributed by atoms with Gasteiger partial charge in [-0.25, -0.2) is 4.79 Å². The first-order valence-electron chi connectivity index (χ1n) is 4.80. The fourth-order valence-electron chi connectivity index (χ4n) is 1.71. The minimum Gasteiger partial charge on any atom is -0.480 e. The van der Waals surface area contributed by atoms with E-state index in [1.54, 1.807) is 6.92 Å². The quantitative estimate of drug-likeness (QED) is 0.660. The van der Waals surface area contributed by atoms with Crippen LogP contribution in [0.3, 0.4) is 0 Å². The van der Waals surface area contributed by atoms with Crippen LogP contribution in [0.1, 0.15) is 26.2 Å². The SMILES string of the molecule is CC(N)CC(=O)N1CCC[C@@H]1C(=O)O. The molecule has 80 valence electrons. The molecule has 0 aromatic heterocycles. The minimum atomic E-state index is -0.916. The number of likely N-dealkylation sites (tertiary alicyclic amines) is 1. The molecule has 0 aromatic rings. The molecule has 0 spiro atoms. The molecule has 1 amide bonds. The predicted molar refractivity (Wildman–Crippen MR) is 50.6 cm³/mol. The monoisotopic (exact) mass is 200 g/mol. The topological polar surface area (TPSA) is 83.6 Å². The lowest BCUT2D eigenvalue weighted by Crippen LogP contribution is -2.42. The third-order valence-corrected chi connectivity index (χ3v) is 2.35. The molecule has 0 aliphatic carbocycles. The van der Waals surface area contributed by atoms with Crippen molar-refractivity contribution < 1.29 is 14.7 Å². The maximum Gasteiger partial charge on any atom is 0.326 e. The molecule has 0 aromatic carbocycles. The van der Waals surface area contributed by atoms with Crippen molar-refractivity contribution in [2.75, 3.05) is 6.54 Å². The molecule has 1 saturated heterocycles. The smallest absolute Gasteiger partial charge is 0.326 e. The van der Waals surface area contributed by atoms with Gasteiger partial charge in [0.05, 0.1) is 0 Å². The maximum atomic E-state index is 11.6. The fraction of sp³-hybridized carbons (Fsp3) is 0.778. The van der Waals surface area contributed by atoms with Crippen LogP contribution < -0.4 is 5.73 Å². The van der Waals surface area contributed by atoms with Gasteiger partial charge in [0, 0.05) is 19.0 Å². The standard InChI is InChI=1S/C9H16N2O3/c1-6(10)5-8(12)11-4-2-3-7(11)9(13)14/h6-7H,2-5,10H2,1H3,(H,13,14)/t6?,7-/m1/s1. The van der Waals surface area contributed by atoms with Crippen LogP contribution in [0.15, 0.2) is 0 Å². The van der Waals surface area contributed by atoms with E-state index in [0.717, 1.165) is 6.42 Å². The molecule has 5 heteroatoms. The molecular formula is C9H16N2O3. The summed E-state index contributed by atoms with van der Waals surface area (Å²) in [5.74, 6) is -1.06. The first-order valence-corrected chi connectivity index (χ1v) is 4.80. The highest BCUT2D eigenvalue weighted by Crippen LogP contribution is 2.18. The molecular weight excluding hydrogens is 184 g/mol. The van der Waals surface area contributed by atoms with E-state index in [1.807, 2.05) is 0 Å². The highest BCUT2D eigenvalue weighted by molar-refractivity contribution is 5.84. The molecule has 1 aliphatic heterocycles. The Morgan fingerprint density at radius 2 is 2.29 bits per heavy atom. The summed E-state index contributed by atoms with van der Waals surface area (Å²) in [7, 11) is 0. The molecule has 3 N–H and O–H groups in total. The van der Waals surface area contributed by atoms with Gasteiger partial charge in [-0.15, -0.1) is 0 Å². The molecule has 14 heavy (non-hydrogen) atoms. The first-order chi connectivity index (χ1) is 6.52. The van der Waals surface area contributed by atoms with E-state index in [0.29, 0.717) is 13.0 Å². The van der Waals surface area contributed by atoms with Crippen molar-refractivity contribution in [3.8, 4) is 0 Å². The van der Waals surface area contributed by atoms with Crippen LogP contribution in [-0.2, 0) is 9.59 Å². The molecule has 0 bridgehead atoms. The first kappa shape index (κ1) is 11.0. The van der Waals surface area contributed by atoms with E-state index in [2.05, 4.69) is 0 Å². The summed E-state index contributed by atoms with van der Waals surface area (Å²) < 4.78 is 0. The lowest BCUT2D eigenvalue weighted by Gasteiger charge is -2.22. The van der Waals surface area contributed by atoms with Crippen LogP contribution in [0.5, 0.6) is 0 Å². The highest BCUT2D eigenvalue weighted by atomic mass is 16.4. The number of aliphatic carboxylic acids is 1. The average molecular weight is 200 g/mol. The summed E-state index contributed by atoms with van der Waals surface area (Å²) in [4.78, 5) is 23.8. The number of carboxylic acids is 1. The van der Waals surface area contributed by atoms with Crippen molar-refractivity contribution in [1.29, 1.82) is 0 Å². The number of nitrogens with two attached hydrogens (primary N) is 1. The molecule has 0 saturated carbocycles. The van der Waals surface area contributed by atoms with Crippen LogP contribution in [0.4, 0.5) is 0 Å². The van der Waals surface area contributed by atoms with Crippen molar-refractivity contribution in [3.63, 3.8) is 0 Å². The normalized spacial score (nSPS) is 23.6. The van der Waals surface area contributed by atoms with E-state index in [-0.39, 0.29) is 18.4 Å². The van der Waals surface area contributed by atoms with Crippen LogP contribution in [0.25, 0.3) is 0 Å². The zero-order valence-corrected chi connectivity index (χ0v) is 8.27. The number of nitrogens with zero attached hydrogens (tertiary/aromatic N) is 1. The number of carbonyl (C=O) groups is 2. The van der Waals surface area contributed by atoms with Gasteiger partial charge in [0.15, 0.2) is 0 Å². The minimum absolute atomic E-state index is 0.148. The fourth-order valence-corrected chi connectivity index (χ4v) is 1.71. The van der Waals surface area contributed by atoms with Crippen LogP contribution in [-0.4, -0.2) is 40.5 Å². The lowest BCUT2D eigenvalue weighted by atomic mass is 10.2. The molecule has 1 unspecified atom stereocenters. The number of amides is 1. The van der Waals surface area contributed by atoms with E-state index >= 15 is 0 Å². The van der Waals surface area contributed by atoms with E-state index in [1.165, 1.54) is 4.90 Å². The number of carbonyl (C=O) groups excluding carboxylic acids is 1. The van der Waals surface area contributed by atoms with Gasteiger partial charge < -0.3 is 15.7 Å². The largest absolute Gasteiger partial charge is 0.480 e. The van der Waals surface area contributed by atoms with Crippen molar-refractivity contribution in [2.45, 2.75) is 38.3 Å². The molecule has 5 nitrogen and oxygen atoms in total. The highest BCUT2D eigenvalue weighted by Gasteiger charge is 2.33. The maximum absolute atomic E-state index is 11.6. The summed E-state index contributed by atoms with van der Waals surface area (Å²) in [6, 6.07) is -0.848. The van der Waals surface area contributed by atoms with E-state index in [9.17, 15) is 9.59 Å². The van der Waals surface area contributed by atoms with Gasteiger partial charge in [0.1, 0.15) is 6.04 Å². The second-order valence-corrected chi connectivity index (χ2v) is 3.76. The van der Waals surface area contributed by atoms with Crippen LogP contribution in [0.2, 0.25) is 0 Å². The Morgan fingerprint density at radius 3 is 2.79 bits per heavy atom. The van der Waals surface area contributed by atoms with Gasteiger partial charge in [-0.1, -0.05) is 0 Å². The van der Waals surface area contributed by atoms with Gasteiger partial charge in [-0.2, -0.15) is 0 Å². The Morgan fingerprint density at radius 1 is 1.64 bits per heavy atom. The van der Waals surface area contributed by atoms with Crippen molar-refractivity contribution in [3.05, 3.63) is 0 Å². The zero-order valence-electron chi connectivity index (χ0n) is 8.27. The Hall–Kier alpha value is -1.10. The number of hydrogen-bond acceptors (Lipinski definition) is 3. The molecule has 1 aliphatic rings. The van der Waals surface area contributed by atoms with Gasteiger partial charge in [0.2, 0.25) is 5.91 Å². The molecule has 1 heterocycles. The van der Waals surface area contributed by atoms with Gasteiger partial charge >= 0.3 is 5.97 Å². The Kier molecular flexibility index (Phi) is 3.46. The van der Waals surface area contributed by atoms with Crippen LogP contribution >= 0.6 is 0 Å². The Bertz CT molecular complexity index is 240. The Labute approximate surface area is 82.9 Å². The van der Waals surface area contributed by atoms with E-state index < -0.39 is 12.0 Å². The zero-order chi connectivity index (χ0) is 10.7. The summed E-state index contributed by atoms with van der Waals surface area (Å²) >= 11 is 0. The Balaban J connectivity index is 2.58. The predicted octanol–water partition coefficient (Wildman–Crippen LogP) is -0.201. The van der Waals surface area contributed by atoms with Crippen molar-refractivity contribution >= 4 is 11.9 Å². The van der Waals surface area contributed by atoms with E-state index in [4.69, 9.17) is 10.8 Å². The van der Waals surface area contributed by atoms with Gasteiger partial charge in [0.25, 0.3) is 0 Å². The van der Waals surface area contributed by atoms with Crippen LogP contribution in [0, 0.1) is 0 Å². The third-order valence-electron chi connectivity index (χ3n) is 2.35. The average Bonchev–Trinajstić information content (AvgIpc) is 2.49. The van der Waals surface area contributed by atoms with Gasteiger partial charge in [-0.05, 0) is 19.8 Å². The van der Waals surface area contributed by atoms with Crippen molar-refractivity contribution in [2.24, 2.45) is 5.73 Å². The molecule has 1 rings (SSSR count). The summed E-state index contributed by atoms with van der Waals surface area (Å²) in [5.41, 5.74) is 5.49. The third kappa shape index (κ3) is 2.45. The molecule has 0 radical (unpaired) electrons.